The number of rotatable bonds is 28. The first-order valence-electron chi connectivity index (χ1n) is 20.9. The summed E-state index contributed by atoms with van der Waals surface area (Å²) in [6.45, 7) is 4.04. The highest BCUT2D eigenvalue weighted by Gasteiger charge is 2.39. The van der Waals surface area contributed by atoms with E-state index in [0.717, 1.165) is 4.90 Å². The number of aromatic nitrogens is 2. The molecule has 362 valence electrons. The highest BCUT2D eigenvalue weighted by Crippen LogP contribution is 2.19. The van der Waals surface area contributed by atoms with Crippen LogP contribution in [-0.2, 0) is 54.4 Å². The average Bonchev–Trinajstić information content (AvgIpc) is 3.95. The van der Waals surface area contributed by atoms with Gasteiger partial charge in [0.15, 0.2) is 5.96 Å². The maximum Gasteiger partial charge on any atom is 0.303 e. The standard InChI is InChI=1S/C38H63N15O12/c1-18(2)29(36(64)47-19(3)30(41)58)52-33(61)22(6-4-12-45-38(42)43)48-31(59)23(8-10-27(40)55)49-34(62)25(14-20-15-44-17-46-20)51-32(60)24(9-11-28(56)57)50-35(63)26-7-5-13-53(26)37(65)21(39)16-54/h15,17-19,21-26,29,54H,4-14,16,39H2,1-3H3,(H2,40,55)(H2,41,58)(H,44,46)(H,47,64)(H,48,59)(H,49,62)(H,50,63)(H,51,60)(H,52,61)(H,56,57)(H4,42,43,45)/t19-,21-,22-,23-,24-,25-,26-,29-/m0/s1. The third-order valence-corrected chi connectivity index (χ3v) is 10.2. The summed E-state index contributed by atoms with van der Waals surface area (Å²) in [6, 6.07) is -10.8. The van der Waals surface area contributed by atoms with Crippen molar-refractivity contribution < 1.29 is 58.2 Å². The van der Waals surface area contributed by atoms with E-state index in [1.165, 1.54) is 19.4 Å². The number of aliphatic hydroxyl groups excluding tert-OH is 1. The van der Waals surface area contributed by atoms with Gasteiger partial charge in [0.25, 0.3) is 0 Å². The van der Waals surface area contributed by atoms with Gasteiger partial charge in [-0.05, 0) is 51.4 Å². The first-order valence-corrected chi connectivity index (χ1v) is 20.9. The number of H-pyrrole nitrogens is 1. The van der Waals surface area contributed by atoms with E-state index < -0.39 is 146 Å². The molecule has 1 aliphatic rings. The Labute approximate surface area is 373 Å². The molecule has 0 saturated carbocycles. The summed E-state index contributed by atoms with van der Waals surface area (Å²) < 4.78 is 0. The quantitative estimate of drug-likeness (QED) is 0.0211. The molecule has 1 saturated heterocycles. The second-order valence-corrected chi connectivity index (χ2v) is 15.8. The minimum absolute atomic E-state index is 0.0197. The van der Waals surface area contributed by atoms with Crippen molar-refractivity contribution in [3.63, 3.8) is 0 Å². The Morgan fingerprint density at radius 2 is 1.37 bits per heavy atom. The Bertz CT molecular complexity index is 1870. The smallest absolute Gasteiger partial charge is 0.303 e. The van der Waals surface area contributed by atoms with Crippen LogP contribution in [0.5, 0.6) is 0 Å². The van der Waals surface area contributed by atoms with Crippen molar-refractivity contribution in [1.29, 1.82) is 0 Å². The van der Waals surface area contributed by atoms with Crippen LogP contribution in [0.4, 0.5) is 0 Å². The first-order chi connectivity index (χ1) is 30.5. The zero-order valence-corrected chi connectivity index (χ0v) is 36.5. The van der Waals surface area contributed by atoms with Gasteiger partial charge in [0.2, 0.25) is 53.2 Å². The van der Waals surface area contributed by atoms with Gasteiger partial charge in [0.05, 0.1) is 12.9 Å². The van der Waals surface area contributed by atoms with E-state index in [0.29, 0.717) is 12.1 Å². The number of nitrogens with one attached hydrogen (secondary N) is 7. The number of carbonyl (C=O) groups is 10. The van der Waals surface area contributed by atoms with Crippen molar-refractivity contribution >= 4 is 65.1 Å². The number of guanidine groups is 1. The molecule has 2 heterocycles. The van der Waals surface area contributed by atoms with Gasteiger partial charge >= 0.3 is 5.97 Å². The summed E-state index contributed by atoms with van der Waals surface area (Å²) in [5, 5.41) is 33.8. The number of aliphatic carboxylic acids is 1. The second-order valence-electron chi connectivity index (χ2n) is 15.8. The number of likely N-dealkylation sites (tertiary alicyclic amines) is 1. The monoisotopic (exact) mass is 921 g/mol. The molecule has 19 N–H and O–H groups in total. The van der Waals surface area contributed by atoms with E-state index in [4.69, 9.17) is 28.7 Å². The third kappa shape index (κ3) is 18.4. The highest BCUT2D eigenvalue weighted by molar-refractivity contribution is 5.98. The molecule has 0 unspecified atom stereocenters. The Kier molecular flexibility index (Phi) is 22.2. The van der Waals surface area contributed by atoms with Gasteiger partial charge in [-0.1, -0.05) is 13.8 Å². The molecule has 1 aromatic heterocycles. The molecule has 1 aromatic rings. The summed E-state index contributed by atoms with van der Waals surface area (Å²) in [5.74, 6) is -9.94. The van der Waals surface area contributed by atoms with Gasteiger partial charge in [-0.2, -0.15) is 0 Å². The second kappa shape index (κ2) is 26.7. The lowest BCUT2D eigenvalue weighted by molar-refractivity contribution is -0.141. The number of carboxylic acids is 1. The van der Waals surface area contributed by atoms with Gasteiger partial charge in [0.1, 0.15) is 48.3 Å². The van der Waals surface area contributed by atoms with Crippen molar-refractivity contribution in [2.75, 3.05) is 19.7 Å². The summed E-state index contributed by atoms with van der Waals surface area (Å²) in [4.78, 5) is 142. The summed E-state index contributed by atoms with van der Waals surface area (Å²) in [5.41, 5.74) is 27.5. The molecule has 9 amide bonds. The Hall–Kier alpha value is -6.90. The van der Waals surface area contributed by atoms with Crippen molar-refractivity contribution in [1.82, 2.24) is 46.8 Å². The highest BCUT2D eigenvalue weighted by atomic mass is 16.4. The van der Waals surface area contributed by atoms with E-state index in [9.17, 15) is 58.2 Å². The maximum absolute atomic E-state index is 14.1. The minimum Gasteiger partial charge on any atom is -0.481 e. The number of primary amides is 2. The van der Waals surface area contributed by atoms with E-state index in [-0.39, 0.29) is 44.7 Å². The van der Waals surface area contributed by atoms with Crippen LogP contribution in [0.2, 0.25) is 0 Å². The molecule has 0 aliphatic carbocycles. The summed E-state index contributed by atoms with van der Waals surface area (Å²) in [7, 11) is 0. The minimum atomic E-state index is -1.59. The molecule has 1 aliphatic heterocycles. The number of aromatic amines is 1. The largest absolute Gasteiger partial charge is 0.481 e. The van der Waals surface area contributed by atoms with Gasteiger partial charge in [-0.3, -0.25) is 52.9 Å². The van der Waals surface area contributed by atoms with Crippen LogP contribution in [0.3, 0.4) is 0 Å². The lowest BCUT2D eigenvalue weighted by atomic mass is 10.0. The van der Waals surface area contributed by atoms with E-state index in [2.05, 4.69) is 46.9 Å². The summed E-state index contributed by atoms with van der Waals surface area (Å²) >= 11 is 0. The molecule has 0 bridgehead atoms. The van der Waals surface area contributed by atoms with Crippen LogP contribution in [0.25, 0.3) is 0 Å². The van der Waals surface area contributed by atoms with Gasteiger partial charge in [-0.25, -0.2) is 4.98 Å². The van der Waals surface area contributed by atoms with Crippen LogP contribution in [0.15, 0.2) is 17.5 Å². The van der Waals surface area contributed by atoms with Crippen LogP contribution >= 0.6 is 0 Å². The number of aliphatic hydroxyl groups is 1. The average molecular weight is 922 g/mol. The van der Waals surface area contributed by atoms with E-state index in [1.54, 1.807) is 13.8 Å². The third-order valence-electron chi connectivity index (χ3n) is 10.2. The molecule has 8 atom stereocenters. The van der Waals surface area contributed by atoms with Gasteiger partial charge in [0, 0.05) is 44.2 Å². The number of aliphatic imine (C=N–C) groups is 1. The van der Waals surface area contributed by atoms with Crippen LogP contribution in [0.1, 0.15) is 77.8 Å². The molecule has 1 fully saturated rings. The topological polar surface area (TPSA) is 458 Å². The Morgan fingerprint density at radius 1 is 0.800 bits per heavy atom. The number of carboxylic acid groups (broad SMARTS) is 1. The fourth-order valence-corrected chi connectivity index (χ4v) is 6.53. The normalized spacial score (nSPS) is 16.6. The molecule has 0 radical (unpaired) electrons. The van der Waals surface area contributed by atoms with Gasteiger partial charge in [-0.15, -0.1) is 0 Å². The first kappa shape index (κ1) is 54.2. The predicted molar refractivity (Wildman–Crippen MR) is 229 cm³/mol. The fourth-order valence-electron chi connectivity index (χ4n) is 6.53. The van der Waals surface area contributed by atoms with Crippen LogP contribution in [0, 0.1) is 5.92 Å². The van der Waals surface area contributed by atoms with Crippen LogP contribution < -0.4 is 60.6 Å². The fraction of sp³-hybridized carbons (Fsp3) is 0.632. The maximum atomic E-state index is 14.1. The lowest BCUT2D eigenvalue weighted by Crippen LogP contribution is -2.60. The number of carbonyl (C=O) groups excluding carboxylic acids is 9. The Morgan fingerprint density at radius 3 is 1.91 bits per heavy atom. The van der Waals surface area contributed by atoms with E-state index in [1.807, 2.05) is 0 Å². The Balaban J connectivity index is 2.44. The number of amides is 9. The molecule has 0 spiro atoms. The molecule has 2 rings (SSSR count). The number of nitrogens with zero attached hydrogens (tertiary/aromatic N) is 3. The van der Waals surface area contributed by atoms with Crippen molar-refractivity contribution in [3.8, 4) is 0 Å². The molecular weight excluding hydrogens is 859 g/mol. The molecule has 27 nitrogen and oxygen atoms in total. The SMILES string of the molecule is CC(C)[C@H](NC(=O)[C@H](CCCN=C(N)N)NC(=O)[C@H](CCC(N)=O)NC(=O)[C@H](Cc1cnc[nH]1)NC(=O)[C@H](CCC(=O)O)NC(=O)[C@@H]1CCCN1C(=O)[C@@H](N)CO)C(=O)N[C@@H](C)C(N)=O. The molecular formula is C38H63N15O12. The molecule has 65 heavy (non-hydrogen) atoms. The number of hydrogen-bond donors (Lipinski definition) is 14. The zero-order chi connectivity index (χ0) is 49.0. The van der Waals surface area contributed by atoms with E-state index >= 15 is 0 Å². The van der Waals surface area contributed by atoms with Crippen molar-refractivity contribution in [2.45, 2.75) is 127 Å². The van der Waals surface area contributed by atoms with Crippen molar-refractivity contribution in [2.24, 2.45) is 39.6 Å². The van der Waals surface area contributed by atoms with Gasteiger partial charge < -0.3 is 80.7 Å². The van der Waals surface area contributed by atoms with Crippen molar-refractivity contribution in [3.05, 3.63) is 18.2 Å². The number of hydrogen-bond acceptors (Lipinski definition) is 14. The summed E-state index contributed by atoms with van der Waals surface area (Å²) in [6.07, 6.45) is 0.973. The van der Waals surface area contributed by atoms with Crippen LogP contribution in [-0.4, -0.2) is 158 Å². The number of imidazole rings is 1. The zero-order valence-electron chi connectivity index (χ0n) is 36.5. The molecule has 0 aromatic carbocycles. The number of nitrogens with two attached hydrogens (primary N) is 5. The molecule has 27 heteroatoms. The predicted octanol–water partition coefficient (Wildman–Crippen LogP) is -6.48. The lowest BCUT2D eigenvalue weighted by Gasteiger charge is -2.29.